The fourth-order valence-electron chi connectivity index (χ4n) is 3.17. The summed E-state index contributed by atoms with van der Waals surface area (Å²) in [7, 11) is 0. The minimum atomic E-state index is -0.647. The number of halogens is 2. The van der Waals surface area contributed by atoms with Crippen LogP contribution in [0.1, 0.15) is 12.5 Å². The summed E-state index contributed by atoms with van der Waals surface area (Å²) in [5.41, 5.74) is 1.36. The minimum absolute atomic E-state index is 0.133. The number of aromatic nitrogens is 2. The van der Waals surface area contributed by atoms with Crippen LogP contribution in [-0.2, 0) is 4.79 Å². The molecule has 0 saturated heterocycles. The molecular weight excluding hydrogens is 463 g/mol. The minimum Gasteiger partial charge on any atom is -0.325 e. The summed E-state index contributed by atoms with van der Waals surface area (Å²) in [4.78, 5) is 30.7. The third-order valence-electron chi connectivity index (χ3n) is 4.82. The van der Waals surface area contributed by atoms with Gasteiger partial charge in [-0.2, -0.15) is 5.26 Å². The van der Waals surface area contributed by atoms with Crippen LogP contribution in [0, 0.1) is 17.1 Å². The van der Waals surface area contributed by atoms with Crippen LogP contribution in [0.25, 0.3) is 16.6 Å². The Bertz CT molecular complexity index is 1480. The number of anilines is 1. The lowest BCUT2D eigenvalue weighted by Gasteiger charge is -2.17. The predicted octanol–water partition coefficient (Wildman–Crippen LogP) is 5.17. The summed E-state index contributed by atoms with van der Waals surface area (Å²) < 4.78 is 15.1. The number of rotatable bonds is 5. The Labute approximate surface area is 197 Å². The Balaban J connectivity index is 1.73. The van der Waals surface area contributed by atoms with Crippen molar-refractivity contribution in [1.82, 2.24) is 9.55 Å². The standard InChI is InChI=1S/C24H16ClFN4O2S/c1-14(22(31)28-16-6-4-5-15(11-16)13-27)33-24-29-21-8-3-2-7-18(21)23(32)30(24)17-9-10-20(26)19(25)12-17/h2-12,14H,1H3,(H,28,31). The summed E-state index contributed by atoms with van der Waals surface area (Å²) in [5.74, 6) is -0.940. The Morgan fingerprint density at radius 2 is 1.97 bits per heavy atom. The number of carbonyl (C=O) groups is 1. The molecule has 0 radical (unpaired) electrons. The molecule has 0 fully saturated rings. The maximum atomic E-state index is 13.7. The lowest BCUT2D eigenvalue weighted by molar-refractivity contribution is -0.115. The van der Waals surface area contributed by atoms with Crippen molar-refractivity contribution in [2.45, 2.75) is 17.3 Å². The van der Waals surface area contributed by atoms with Gasteiger partial charge in [-0.05, 0) is 55.5 Å². The zero-order chi connectivity index (χ0) is 23.5. The monoisotopic (exact) mass is 478 g/mol. The van der Waals surface area contributed by atoms with Crippen LogP contribution in [0.4, 0.5) is 10.1 Å². The number of hydrogen-bond acceptors (Lipinski definition) is 5. The van der Waals surface area contributed by atoms with E-state index >= 15 is 0 Å². The molecule has 0 spiro atoms. The molecule has 1 N–H and O–H groups in total. The van der Waals surface area contributed by atoms with Crippen molar-refractivity contribution in [3.63, 3.8) is 0 Å². The van der Waals surface area contributed by atoms with E-state index in [1.165, 1.54) is 22.8 Å². The number of carbonyl (C=O) groups excluding carboxylic acids is 1. The second kappa shape index (κ2) is 9.45. The SMILES string of the molecule is CC(Sc1nc2ccccc2c(=O)n1-c1ccc(F)c(Cl)c1)C(=O)Nc1cccc(C#N)c1. The molecule has 1 atom stereocenters. The third-order valence-corrected chi connectivity index (χ3v) is 6.16. The van der Waals surface area contributed by atoms with Gasteiger partial charge in [0.2, 0.25) is 5.91 Å². The van der Waals surface area contributed by atoms with Gasteiger partial charge >= 0.3 is 0 Å². The molecule has 0 aliphatic heterocycles. The van der Waals surface area contributed by atoms with Gasteiger partial charge in [0.05, 0.1) is 38.5 Å². The fraction of sp³-hybridized carbons (Fsp3) is 0.0833. The molecule has 0 aliphatic rings. The number of nitriles is 1. The fourth-order valence-corrected chi connectivity index (χ4v) is 4.27. The Kier molecular flexibility index (Phi) is 6.45. The first kappa shape index (κ1) is 22.5. The number of amides is 1. The van der Waals surface area contributed by atoms with Crippen molar-refractivity contribution in [1.29, 1.82) is 5.26 Å². The van der Waals surface area contributed by atoms with Gasteiger partial charge in [-0.1, -0.05) is 41.6 Å². The van der Waals surface area contributed by atoms with Crippen molar-refractivity contribution in [2.75, 3.05) is 5.32 Å². The molecule has 9 heteroatoms. The highest BCUT2D eigenvalue weighted by Crippen LogP contribution is 2.27. The molecule has 1 aromatic heterocycles. The van der Waals surface area contributed by atoms with Crippen molar-refractivity contribution in [2.24, 2.45) is 0 Å². The molecule has 1 unspecified atom stereocenters. The van der Waals surface area contributed by atoms with Crippen molar-refractivity contribution < 1.29 is 9.18 Å². The highest BCUT2D eigenvalue weighted by Gasteiger charge is 2.21. The molecule has 1 amide bonds. The Morgan fingerprint density at radius 3 is 2.73 bits per heavy atom. The molecule has 0 bridgehead atoms. The molecule has 4 aromatic rings. The van der Waals surface area contributed by atoms with E-state index in [1.807, 2.05) is 6.07 Å². The molecule has 6 nitrogen and oxygen atoms in total. The average Bonchev–Trinajstić information content (AvgIpc) is 2.81. The summed E-state index contributed by atoms with van der Waals surface area (Å²) in [6.45, 7) is 1.68. The van der Waals surface area contributed by atoms with Gasteiger partial charge in [-0.3, -0.25) is 14.2 Å². The zero-order valence-corrected chi connectivity index (χ0v) is 18.8. The van der Waals surface area contributed by atoms with E-state index < -0.39 is 11.1 Å². The molecular formula is C24H16ClFN4O2S. The Morgan fingerprint density at radius 1 is 1.18 bits per heavy atom. The molecule has 3 aromatic carbocycles. The van der Waals surface area contributed by atoms with Crippen LogP contribution in [0.2, 0.25) is 5.02 Å². The van der Waals surface area contributed by atoms with E-state index in [0.717, 1.165) is 11.8 Å². The highest BCUT2D eigenvalue weighted by molar-refractivity contribution is 8.00. The van der Waals surface area contributed by atoms with Gasteiger partial charge in [0, 0.05) is 5.69 Å². The summed E-state index contributed by atoms with van der Waals surface area (Å²) in [5, 5.41) is 11.7. The second-order valence-electron chi connectivity index (χ2n) is 7.09. The second-order valence-corrected chi connectivity index (χ2v) is 8.81. The van der Waals surface area contributed by atoms with E-state index in [2.05, 4.69) is 10.3 Å². The average molecular weight is 479 g/mol. The first-order valence-corrected chi connectivity index (χ1v) is 11.1. The summed E-state index contributed by atoms with van der Waals surface area (Å²) >= 11 is 7.03. The number of benzene rings is 3. The van der Waals surface area contributed by atoms with Crippen LogP contribution >= 0.6 is 23.4 Å². The lowest BCUT2D eigenvalue weighted by atomic mass is 10.2. The van der Waals surface area contributed by atoms with E-state index in [9.17, 15) is 14.0 Å². The number of nitrogens with zero attached hydrogens (tertiary/aromatic N) is 3. The summed E-state index contributed by atoms with van der Waals surface area (Å²) in [6, 6.07) is 19.4. The van der Waals surface area contributed by atoms with Crippen molar-refractivity contribution in [3.8, 4) is 11.8 Å². The largest absolute Gasteiger partial charge is 0.325 e. The van der Waals surface area contributed by atoms with Crippen LogP contribution < -0.4 is 10.9 Å². The van der Waals surface area contributed by atoms with E-state index in [4.69, 9.17) is 16.9 Å². The first-order chi connectivity index (χ1) is 15.9. The van der Waals surface area contributed by atoms with Gasteiger partial charge in [0.15, 0.2) is 5.16 Å². The summed E-state index contributed by atoms with van der Waals surface area (Å²) in [6.07, 6.45) is 0. The Hall–Kier alpha value is -3.67. The molecule has 4 rings (SSSR count). The van der Waals surface area contributed by atoms with Gasteiger partial charge in [-0.25, -0.2) is 9.37 Å². The van der Waals surface area contributed by atoms with E-state index in [-0.39, 0.29) is 21.6 Å². The van der Waals surface area contributed by atoms with Crippen LogP contribution in [0.3, 0.4) is 0 Å². The number of para-hydroxylation sites is 1. The third kappa shape index (κ3) is 4.75. The molecule has 0 aliphatic carbocycles. The van der Waals surface area contributed by atoms with Gasteiger partial charge in [-0.15, -0.1) is 0 Å². The number of thioether (sulfide) groups is 1. The molecule has 0 saturated carbocycles. The van der Waals surface area contributed by atoms with Gasteiger partial charge in [0.1, 0.15) is 5.82 Å². The molecule has 1 heterocycles. The molecule has 164 valence electrons. The number of hydrogen-bond donors (Lipinski definition) is 1. The highest BCUT2D eigenvalue weighted by atomic mass is 35.5. The number of fused-ring (bicyclic) bond motifs is 1. The number of nitrogens with one attached hydrogen (secondary N) is 1. The van der Waals surface area contributed by atoms with Gasteiger partial charge < -0.3 is 5.32 Å². The predicted molar refractivity (Wildman–Crippen MR) is 127 cm³/mol. The zero-order valence-electron chi connectivity index (χ0n) is 17.3. The maximum absolute atomic E-state index is 13.7. The van der Waals surface area contributed by atoms with Crippen LogP contribution in [0.15, 0.2) is 76.7 Å². The molecule has 33 heavy (non-hydrogen) atoms. The lowest BCUT2D eigenvalue weighted by Crippen LogP contribution is -2.26. The van der Waals surface area contributed by atoms with Crippen molar-refractivity contribution >= 4 is 45.9 Å². The first-order valence-electron chi connectivity index (χ1n) is 9.82. The topological polar surface area (TPSA) is 87.8 Å². The van der Waals surface area contributed by atoms with E-state index in [0.29, 0.717) is 27.8 Å². The van der Waals surface area contributed by atoms with Crippen molar-refractivity contribution in [3.05, 3.63) is 93.5 Å². The maximum Gasteiger partial charge on any atom is 0.266 e. The van der Waals surface area contributed by atoms with Crippen LogP contribution in [-0.4, -0.2) is 20.7 Å². The van der Waals surface area contributed by atoms with Crippen LogP contribution in [0.5, 0.6) is 0 Å². The van der Waals surface area contributed by atoms with E-state index in [1.54, 1.807) is 55.5 Å². The quantitative estimate of drug-likeness (QED) is 0.316. The van der Waals surface area contributed by atoms with Gasteiger partial charge in [0.25, 0.3) is 5.56 Å². The normalized spacial score (nSPS) is 11.7. The smallest absolute Gasteiger partial charge is 0.266 e.